The van der Waals surface area contributed by atoms with Crippen molar-refractivity contribution in [3.63, 3.8) is 0 Å². The highest BCUT2D eigenvalue weighted by atomic mass is 16.5. The van der Waals surface area contributed by atoms with E-state index in [4.69, 9.17) is 4.74 Å². The van der Waals surface area contributed by atoms with Gasteiger partial charge in [-0.05, 0) is 29.7 Å². The van der Waals surface area contributed by atoms with E-state index >= 15 is 0 Å². The maximum Gasteiger partial charge on any atom is 0.236 e. The first-order chi connectivity index (χ1) is 11.2. The lowest BCUT2D eigenvalue weighted by Gasteiger charge is -2.33. The Morgan fingerprint density at radius 2 is 1.83 bits per heavy atom. The Kier molecular flexibility index (Phi) is 4.93. The van der Waals surface area contributed by atoms with Crippen molar-refractivity contribution in [1.82, 2.24) is 10.2 Å². The number of benzene rings is 2. The molecule has 0 spiro atoms. The van der Waals surface area contributed by atoms with Gasteiger partial charge in [0.15, 0.2) is 0 Å². The maximum atomic E-state index is 11.7. The van der Waals surface area contributed by atoms with E-state index in [1.807, 2.05) is 42.3 Å². The van der Waals surface area contributed by atoms with E-state index in [1.54, 1.807) is 0 Å². The van der Waals surface area contributed by atoms with Gasteiger partial charge in [-0.2, -0.15) is 0 Å². The monoisotopic (exact) mass is 310 g/mol. The fourth-order valence-corrected chi connectivity index (χ4v) is 2.75. The molecule has 0 aromatic heterocycles. The van der Waals surface area contributed by atoms with Crippen molar-refractivity contribution in [1.29, 1.82) is 0 Å². The summed E-state index contributed by atoms with van der Waals surface area (Å²) in [6.07, 6.45) is 0.855. The van der Waals surface area contributed by atoms with Crippen molar-refractivity contribution in [2.45, 2.75) is 19.1 Å². The summed E-state index contributed by atoms with van der Waals surface area (Å²) in [5, 5.41) is 3.17. The minimum Gasteiger partial charge on any atom is -0.489 e. The van der Waals surface area contributed by atoms with E-state index in [-0.39, 0.29) is 11.9 Å². The van der Waals surface area contributed by atoms with Gasteiger partial charge in [0, 0.05) is 19.6 Å². The van der Waals surface area contributed by atoms with Gasteiger partial charge >= 0.3 is 0 Å². The maximum absolute atomic E-state index is 11.7. The molecule has 120 valence electrons. The summed E-state index contributed by atoms with van der Waals surface area (Å²) in [7, 11) is 1.88. The Balaban J connectivity index is 1.55. The Labute approximate surface area is 137 Å². The van der Waals surface area contributed by atoms with Crippen LogP contribution in [0.2, 0.25) is 0 Å². The fourth-order valence-electron chi connectivity index (χ4n) is 2.75. The predicted molar refractivity (Wildman–Crippen MR) is 90.3 cm³/mol. The summed E-state index contributed by atoms with van der Waals surface area (Å²) in [5.74, 6) is 1.02. The molecule has 23 heavy (non-hydrogen) atoms. The van der Waals surface area contributed by atoms with Gasteiger partial charge < -0.3 is 15.0 Å². The minimum absolute atomic E-state index is 0.157. The molecule has 1 N–H and O–H groups in total. The van der Waals surface area contributed by atoms with E-state index < -0.39 is 0 Å². The molecule has 1 aliphatic heterocycles. The normalized spacial score (nSPS) is 18.0. The molecule has 0 radical (unpaired) electrons. The number of likely N-dealkylation sites (N-methyl/N-ethyl adjacent to an activating group) is 1. The molecule has 1 fully saturated rings. The van der Waals surface area contributed by atoms with Crippen LogP contribution < -0.4 is 10.1 Å². The molecule has 1 aliphatic rings. The highest BCUT2D eigenvalue weighted by Crippen LogP contribution is 2.17. The molecule has 0 unspecified atom stereocenters. The summed E-state index contributed by atoms with van der Waals surface area (Å²) >= 11 is 0. The number of carbonyl (C=O) groups is 1. The lowest BCUT2D eigenvalue weighted by Crippen LogP contribution is -2.53. The SMILES string of the molecule is CN1C(=O)CNC[C@@H]1Cc1ccc(OCc2ccccc2)cc1. The van der Waals surface area contributed by atoms with Gasteiger partial charge in [-0.25, -0.2) is 0 Å². The first kappa shape index (κ1) is 15.6. The molecular formula is C19H22N2O2. The molecule has 0 bridgehead atoms. The number of hydrogen-bond donors (Lipinski definition) is 1. The molecular weight excluding hydrogens is 288 g/mol. The first-order valence-corrected chi connectivity index (χ1v) is 7.94. The second-order valence-electron chi connectivity index (χ2n) is 5.91. The van der Waals surface area contributed by atoms with Gasteiger partial charge in [0.25, 0.3) is 0 Å². The lowest BCUT2D eigenvalue weighted by molar-refractivity contribution is -0.133. The summed E-state index contributed by atoms with van der Waals surface area (Å²) in [6, 6.07) is 18.5. The number of carbonyl (C=O) groups excluding carboxylic acids is 1. The zero-order valence-electron chi connectivity index (χ0n) is 13.4. The van der Waals surface area contributed by atoms with Crippen LogP contribution in [0.25, 0.3) is 0 Å². The summed E-state index contributed by atoms with van der Waals surface area (Å²) in [5.41, 5.74) is 2.37. The van der Waals surface area contributed by atoms with E-state index in [2.05, 4.69) is 29.6 Å². The van der Waals surface area contributed by atoms with Crippen LogP contribution in [0.3, 0.4) is 0 Å². The smallest absolute Gasteiger partial charge is 0.236 e. The van der Waals surface area contributed by atoms with E-state index in [0.717, 1.165) is 24.3 Å². The fraction of sp³-hybridized carbons (Fsp3) is 0.316. The van der Waals surface area contributed by atoms with Crippen LogP contribution in [0.4, 0.5) is 0 Å². The molecule has 2 aromatic carbocycles. The third kappa shape index (κ3) is 4.11. The van der Waals surface area contributed by atoms with Crippen LogP contribution in [-0.2, 0) is 17.8 Å². The quantitative estimate of drug-likeness (QED) is 0.921. The zero-order valence-corrected chi connectivity index (χ0v) is 13.4. The van der Waals surface area contributed by atoms with Crippen LogP contribution in [-0.4, -0.2) is 37.0 Å². The number of nitrogens with one attached hydrogen (secondary N) is 1. The van der Waals surface area contributed by atoms with Gasteiger partial charge in [0.05, 0.1) is 6.54 Å². The average Bonchev–Trinajstić information content (AvgIpc) is 2.59. The Bertz CT molecular complexity index is 640. The average molecular weight is 310 g/mol. The third-order valence-corrected chi connectivity index (χ3v) is 4.24. The summed E-state index contributed by atoms with van der Waals surface area (Å²) in [6.45, 7) is 1.86. The van der Waals surface area contributed by atoms with Crippen LogP contribution >= 0.6 is 0 Å². The molecule has 0 saturated carbocycles. The third-order valence-electron chi connectivity index (χ3n) is 4.24. The van der Waals surface area contributed by atoms with Gasteiger partial charge in [-0.3, -0.25) is 4.79 Å². The van der Waals surface area contributed by atoms with Crippen molar-refractivity contribution >= 4 is 5.91 Å². The second-order valence-corrected chi connectivity index (χ2v) is 5.91. The highest BCUT2D eigenvalue weighted by molar-refractivity contribution is 5.79. The first-order valence-electron chi connectivity index (χ1n) is 7.94. The Hall–Kier alpha value is -2.33. The van der Waals surface area contributed by atoms with Crippen LogP contribution in [0.5, 0.6) is 5.75 Å². The number of piperazine rings is 1. The van der Waals surface area contributed by atoms with Gasteiger partial charge in [0.2, 0.25) is 5.91 Å². The van der Waals surface area contributed by atoms with Crippen molar-refractivity contribution in [3.05, 3.63) is 65.7 Å². The van der Waals surface area contributed by atoms with Crippen molar-refractivity contribution in [2.75, 3.05) is 20.1 Å². The summed E-state index contributed by atoms with van der Waals surface area (Å²) < 4.78 is 5.80. The molecule has 1 heterocycles. The zero-order chi connectivity index (χ0) is 16.1. The standard InChI is InChI=1S/C19H22N2O2/c1-21-17(12-20-13-19(21)22)11-15-7-9-18(10-8-15)23-14-16-5-3-2-4-6-16/h2-10,17,20H,11-14H2,1H3/t17-/m0/s1. The molecule has 0 aliphatic carbocycles. The number of rotatable bonds is 5. The van der Waals surface area contributed by atoms with Crippen molar-refractivity contribution in [2.24, 2.45) is 0 Å². The van der Waals surface area contributed by atoms with Gasteiger partial charge in [0.1, 0.15) is 12.4 Å². The van der Waals surface area contributed by atoms with Crippen LogP contribution in [0, 0.1) is 0 Å². The predicted octanol–water partition coefficient (Wildman–Crippen LogP) is 2.24. The van der Waals surface area contributed by atoms with Crippen molar-refractivity contribution in [3.8, 4) is 5.75 Å². The topological polar surface area (TPSA) is 41.6 Å². The molecule has 1 saturated heterocycles. The van der Waals surface area contributed by atoms with E-state index in [0.29, 0.717) is 13.2 Å². The molecule has 1 atom stereocenters. The van der Waals surface area contributed by atoms with E-state index in [1.165, 1.54) is 5.56 Å². The summed E-state index contributed by atoms with van der Waals surface area (Å²) in [4.78, 5) is 13.6. The van der Waals surface area contributed by atoms with Gasteiger partial charge in [-0.1, -0.05) is 42.5 Å². The van der Waals surface area contributed by atoms with E-state index in [9.17, 15) is 4.79 Å². The molecule has 2 aromatic rings. The molecule has 4 nitrogen and oxygen atoms in total. The number of amides is 1. The Morgan fingerprint density at radius 1 is 1.09 bits per heavy atom. The molecule has 3 rings (SSSR count). The molecule has 4 heteroatoms. The number of ether oxygens (including phenoxy) is 1. The van der Waals surface area contributed by atoms with Crippen LogP contribution in [0.15, 0.2) is 54.6 Å². The van der Waals surface area contributed by atoms with Gasteiger partial charge in [-0.15, -0.1) is 0 Å². The van der Waals surface area contributed by atoms with Crippen molar-refractivity contribution < 1.29 is 9.53 Å². The number of hydrogen-bond acceptors (Lipinski definition) is 3. The lowest BCUT2D eigenvalue weighted by atomic mass is 10.0. The second kappa shape index (κ2) is 7.29. The Morgan fingerprint density at radius 3 is 2.57 bits per heavy atom. The highest BCUT2D eigenvalue weighted by Gasteiger charge is 2.24. The minimum atomic E-state index is 0.157. The largest absolute Gasteiger partial charge is 0.489 e. The molecule has 1 amide bonds. The van der Waals surface area contributed by atoms with Crippen LogP contribution in [0.1, 0.15) is 11.1 Å². The number of nitrogens with zero attached hydrogens (tertiary/aromatic N) is 1.